The van der Waals surface area contributed by atoms with Crippen LogP contribution in [0.5, 0.6) is 0 Å². The maximum Gasteiger partial charge on any atom is 0.150 e. The van der Waals surface area contributed by atoms with Crippen molar-refractivity contribution in [2.24, 2.45) is 23.7 Å². The molecular formula is C14H24O3S. The highest BCUT2D eigenvalue weighted by Gasteiger charge is 2.40. The van der Waals surface area contributed by atoms with Crippen LogP contribution in [0.4, 0.5) is 0 Å². The van der Waals surface area contributed by atoms with E-state index in [1.807, 2.05) is 0 Å². The molecule has 0 aromatic rings. The SMILES string of the molecule is O=S1(=O)CCC(CC(O)CC2CC3CCC2C3)C1. The number of sulfone groups is 1. The molecule has 2 bridgehead atoms. The summed E-state index contributed by atoms with van der Waals surface area (Å²) in [5.74, 6) is 3.36. The van der Waals surface area contributed by atoms with Gasteiger partial charge in [-0.15, -0.1) is 0 Å². The van der Waals surface area contributed by atoms with E-state index in [-0.39, 0.29) is 12.0 Å². The van der Waals surface area contributed by atoms with Gasteiger partial charge >= 0.3 is 0 Å². The quantitative estimate of drug-likeness (QED) is 0.851. The Hall–Kier alpha value is -0.0900. The molecule has 3 fully saturated rings. The second-order valence-electron chi connectivity index (χ2n) is 6.83. The Morgan fingerprint density at radius 3 is 2.50 bits per heavy atom. The molecule has 5 atom stereocenters. The van der Waals surface area contributed by atoms with Gasteiger partial charge in [0.2, 0.25) is 0 Å². The Bertz CT molecular complexity index is 403. The Kier molecular flexibility index (Phi) is 3.43. The third-order valence-electron chi connectivity index (χ3n) is 5.39. The average molecular weight is 272 g/mol. The van der Waals surface area contributed by atoms with Crippen molar-refractivity contribution >= 4 is 9.84 Å². The first-order chi connectivity index (χ1) is 8.52. The fraction of sp³-hybridized carbons (Fsp3) is 1.00. The van der Waals surface area contributed by atoms with Crippen molar-refractivity contribution in [2.45, 2.75) is 51.0 Å². The van der Waals surface area contributed by atoms with Crippen molar-refractivity contribution in [3.63, 3.8) is 0 Å². The summed E-state index contributed by atoms with van der Waals surface area (Å²) >= 11 is 0. The zero-order chi connectivity index (χ0) is 12.8. The van der Waals surface area contributed by atoms with Gasteiger partial charge in [-0.2, -0.15) is 0 Å². The summed E-state index contributed by atoms with van der Waals surface area (Å²) < 4.78 is 22.8. The van der Waals surface area contributed by atoms with Crippen LogP contribution in [0.25, 0.3) is 0 Å². The summed E-state index contributed by atoms with van der Waals surface area (Å²) in [4.78, 5) is 0. The van der Waals surface area contributed by atoms with Gasteiger partial charge in [-0.1, -0.05) is 6.42 Å². The van der Waals surface area contributed by atoms with E-state index >= 15 is 0 Å². The van der Waals surface area contributed by atoms with Crippen LogP contribution in [0, 0.1) is 23.7 Å². The smallest absolute Gasteiger partial charge is 0.150 e. The normalized spacial score (nSPS) is 43.4. The molecule has 0 amide bonds. The minimum absolute atomic E-state index is 0.212. The van der Waals surface area contributed by atoms with Crippen molar-refractivity contribution in [2.75, 3.05) is 11.5 Å². The molecule has 2 saturated carbocycles. The van der Waals surface area contributed by atoms with Crippen LogP contribution >= 0.6 is 0 Å². The van der Waals surface area contributed by atoms with Crippen LogP contribution in [-0.4, -0.2) is 31.1 Å². The molecule has 1 N–H and O–H groups in total. The highest BCUT2D eigenvalue weighted by Crippen LogP contribution is 2.50. The van der Waals surface area contributed by atoms with Gasteiger partial charge < -0.3 is 5.11 Å². The zero-order valence-electron chi connectivity index (χ0n) is 10.9. The second kappa shape index (κ2) is 4.78. The van der Waals surface area contributed by atoms with Gasteiger partial charge in [0.15, 0.2) is 9.84 Å². The zero-order valence-corrected chi connectivity index (χ0v) is 11.7. The largest absolute Gasteiger partial charge is 0.393 e. The van der Waals surface area contributed by atoms with Crippen LogP contribution in [0.15, 0.2) is 0 Å². The molecular weight excluding hydrogens is 248 g/mol. The average Bonchev–Trinajstić information content (AvgIpc) is 2.93. The van der Waals surface area contributed by atoms with Crippen molar-refractivity contribution in [3.05, 3.63) is 0 Å². The van der Waals surface area contributed by atoms with Crippen molar-refractivity contribution < 1.29 is 13.5 Å². The first kappa shape index (κ1) is 12.9. The summed E-state index contributed by atoms with van der Waals surface area (Å²) in [6.07, 6.45) is 7.56. The lowest BCUT2D eigenvalue weighted by Gasteiger charge is -2.25. The fourth-order valence-electron chi connectivity index (χ4n) is 4.55. The summed E-state index contributed by atoms with van der Waals surface area (Å²) in [7, 11) is -2.79. The number of hydrogen-bond donors (Lipinski definition) is 1. The lowest BCUT2D eigenvalue weighted by Crippen LogP contribution is -2.21. The number of hydrogen-bond acceptors (Lipinski definition) is 3. The van der Waals surface area contributed by atoms with Crippen LogP contribution < -0.4 is 0 Å². The highest BCUT2D eigenvalue weighted by molar-refractivity contribution is 7.91. The van der Waals surface area contributed by atoms with Crippen LogP contribution in [0.2, 0.25) is 0 Å². The number of aliphatic hydroxyl groups excluding tert-OH is 1. The first-order valence-corrected chi connectivity index (χ1v) is 9.22. The van der Waals surface area contributed by atoms with Crippen LogP contribution in [-0.2, 0) is 9.84 Å². The minimum atomic E-state index is -2.79. The van der Waals surface area contributed by atoms with Crippen LogP contribution in [0.1, 0.15) is 44.9 Å². The molecule has 0 radical (unpaired) electrons. The number of fused-ring (bicyclic) bond motifs is 2. The van der Waals surface area contributed by atoms with E-state index in [0.717, 1.165) is 30.6 Å². The Morgan fingerprint density at radius 1 is 1.11 bits per heavy atom. The van der Waals surface area contributed by atoms with Crippen LogP contribution in [0.3, 0.4) is 0 Å². The fourth-order valence-corrected chi connectivity index (χ4v) is 6.43. The summed E-state index contributed by atoms with van der Waals surface area (Å²) in [5.41, 5.74) is 0. The van der Waals surface area contributed by atoms with Gasteiger partial charge in [-0.25, -0.2) is 8.42 Å². The summed E-state index contributed by atoms with van der Waals surface area (Å²) in [6.45, 7) is 0. The van der Waals surface area contributed by atoms with Crippen molar-refractivity contribution in [1.29, 1.82) is 0 Å². The Balaban J connectivity index is 1.46. The van der Waals surface area contributed by atoms with Gasteiger partial charge in [0.25, 0.3) is 0 Å². The van der Waals surface area contributed by atoms with E-state index in [0.29, 0.717) is 17.9 Å². The third kappa shape index (κ3) is 2.74. The van der Waals surface area contributed by atoms with Gasteiger partial charge in [0.05, 0.1) is 17.6 Å². The lowest BCUT2D eigenvalue weighted by atomic mass is 9.83. The molecule has 2 aliphatic carbocycles. The standard InChI is InChI=1S/C14H24O3S/c15-14(7-11-3-4-18(16,17)9-11)8-13-6-10-1-2-12(13)5-10/h10-15H,1-9H2. The maximum absolute atomic E-state index is 11.4. The number of aliphatic hydroxyl groups is 1. The molecule has 0 aromatic carbocycles. The molecule has 3 aliphatic rings. The highest BCUT2D eigenvalue weighted by atomic mass is 32.2. The van der Waals surface area contributed by atoms with E-state index in [4.69, 9.17) is 0 Å². The predicted molar refractivity (Wildman–Crippen MR) is 70.9 cm³/mol. The van der Waals surface area contributed by atoms with Gasteiger partial charge in [-0.05, 0) is 62.2 Å². The molecule has 104 valence electrons. The van der Waals surface area contributed by atoms with E-state index in [1.165, 1.54) is 25.7 Å². The molecule has 1 aliphatic heterocycles. The first-order valence-electron chi connectivity index (χ1n) is 7.40. The van der Waals surface area contributed by atoms with Crippen molar-refractivity contribution in [1.82, 2.24) is 0 Å². The van der Waals surface area contributed by atoms with E-state index in [2.05, 4.69) is 0 Å². The molecule has 1 heterocycles. The molecule has 0 aromatic heterocycles. The van der Waals surface area contributed by atoms with E-state index in [1.54, 1.807) is 0 Å². The predicted octanol–water partition coefficient (Wildman–Crippen LogP) is 2.00. The number of rotatable bonds is 4. The Morgan fingerprint density at radius 2 is 1.94 bits per heavy atom. The molecule has 1 saturated heterocycles. The molecule has 3 nitrogen and oxygen atoms in total. The third-order valence-corrected chi connectivity index (χ3v) is 7.23. The lowest BCUT2D eigenvalue weighted by molar-refractivity contribution is 0.103. The van der Waals surface area contributed by atoms with Gasteiger partial charge in [0.1, 0.15) is 0 Å². The Labute approximate surface area is 110 Å². The summed E-state index contributed by atoms with van der Waals surface area (Å²) in [6, 6.07) is 0. The summed E-state index contributed by atoms with van der Waals surface area (Å²) in [5, 5.41) is 10.2. The molecule has 3 rings (SSSR count). The molecule has 5 unspecified atom stereocenters. The van der Waals surface area contributed by atoms with Gasteiger partial charge in [0, 0.05) is 0 Å². The minimum Gasteiger partial charge on any atom is -0.393 e. The molecule has 18 heavy (non-hydrogen) atoms. The van der Waals surface area contributed by atoms with E-state index < -0.39 is 9.84 Å². The molecule has 0 spiro atoms. The second-order valence-corrected chi connectivity index (χ2v) is 9.06. The molecule has 4 heteroatoms. The monoisotopic (exact) mass is 272 g/mol. The van der Waals surface area contributed by atoms with Crippen molar-refractivity contribution in [3.8, 4) is 0 Å². The maximum atomic E-state index is 11.4. The van der Waals surface area contributed by atoms with E-state index in [9.17, 15) is 13.5 Å². The van der Waals surface area contributed by atoms with Gasteiger partial charge in [-0.3, -0.25) is 0 Å². The topological polar surface area (TPSA) is 54.4 Å².